The van der Waals surface area contributed by atoms with E-state index < -0.39 is 0 Å². The van der Waals surface area contributed by atoms with Crippen molar-refractivity contribution in [3.05, 3.63) is 64.4 Å². The van der Waals surface area contributed by atoms with Gasteiger partial charge < -0.3 is 10.6 Å². The first-order valence-corrected chi connectivity index (χ1v) is 11.1. The molecule has 2 aromatic rings. The average molecular weight is 446 g/mol. The standard InChI is InChI=1S/C24H29ClFN3O2/c1-3-16(2)27-24(31)18-7-4-5-10-22(18)28-23(30)17-11-13-29(14-12-17)15-19-20(25)8-6-9-21(19)26/h4-10,16-17H,3,11-15H2,1-2H3,(H,27,31)(H,28,30)/t16-/m0/s1. The summed E-state index contributed by atoms with van der Waals surface area (Å²) < 4.78 is 14.0. The van der Waals surface area contributed by atoms with E-state index in [4.69, 9.17) is 11.6 Å². The molecule has 0 unspecified atom stereocenters. The van der Waals surface area contributed by atoms with Gasteiger partial charge in [-0.15, -0.1) is 0 Å². The van der Waals surface area contributed by atoms with Crippen LogP contribution in [0.3, 0.4) is 0 Å². The van der Waals surface area contributed by atoms with E-state index in [1.165, 1.54) is 6.07 Å². The molecule has 2 aromatic carbocycles. The third kappa shape index (κ3) is 6.05. The highest BCUT2D eigenvalue weighted by atomic mass is 35.5. The Labute approximate surface area is 188 Å². The third-order valence-corrected chi connectivity index (χ3v) is 6.18. The van der Waals surface area contributed by atoms with E-state index in [1.54, 1.807) is 36.4 Å². The first-order chi connectivity index (χ1) is 14.9. The minimum Gasteiger partial charge on any atom is -0.350 e. The van der Waals surface area contributed by atoms with Gasteiger partial charge in [0.2, 0.25) is 5.91 Å². The maximum absolute atomic E-state index is 14.0. The zero-order valence-corrected chi connectivity index (χ0v) is 18.7. The monoisotopic (exact) mass is 445 g/mol. The summed E-state index contributed by atoms with van der Waals surface area (Å²) in [4.78, 5) is 27.5. The number of nitrogens with one attached hydrogen (secondary N) is 2. The Kier molecular flexibility index (Phi) is 8.04. The summed E-state index contributed by atoms with van der Waals surface area (Å²) in [6, 6.07) is 11.8. The molecule has 3 rings (SSSR count). The molecule has 7 heteroatoms. The molecule has 0 aromatic heterocycles. The number of para-hydroxylation sites is 1. The maximum atomic E-state index is 14.0. The van der Waals surface area contributed by atoms with Gasteiger partial charge in [0.25, 0.3) is 5.91 Å². The second-order valence-electron chi connectivity index (χ2n) is 8.07. The molecule has 0 bridgehead atoms. The van der Waals surface area contributed by atoms with Crippen LogP contribution >= 0.6 is 11.6 Å². The smallest absolute Gasteiger partial charge is 0.253 e. The SMILES string of the molecule is CC[C@H](C)NC(=O)c1ccccc1NC(=O)C1CCN(Cc2c(F)cccc2Cl)CC1. The summed E-state index contributed by atoms with van der Waals surface area (Å²) >= 11 is 6.14. The van der Waals surface area contributed by atoms with Crippen LogP contribution in [0.25, 0.3) is 0 Å². The van der Waals surface area contributed by atoms with Gasteiger partial charge in [-0.3, -0.25) is 14.5 Å². The molecular weight excluding hydrogens is 417 g/mol. The van der Waals surface area contributed by atoms with E-state index in [1.807, 2.05) is 13.8 Å². The second-order valence-corrected chi connectivity index (χ2v) is 8.48. The van der Waals surface area contributed by atoms with Gasteiger partial charge in [-0.1, -0.05) is 36.7 Å². The predicted octanol–water partition coefficient (Wildman–Crippen LogP) is 4.86. The van der Waals surface area contributed by atoms with Gasteiger partial charge in [0.05, 0.1) is 11.3 Å². The number of halogens is 2. The lowest BCUT2D eigenvalue weighted by Crippen LogP contribution is -2.38. The quantitative estimate of drug-likeness (QED) is 0.639. The van der Waals surface area contributed by atoms with E-state index >= 15 is 0 Å². The number of carbonyl (C=O) groups is 2. The van der Waals surface area contributed by atoms with Crippen LogP contribution in [-0.2, 0) is 11.3 Å². The second kappa shape index (κ2) is 10.7. The molecule has 1 heterocycles. The number of benzene rings is 2. The number of hydrogen-bond acceptors (Lipinski definition) is 3. The molecule has 0 spiro atoms. The fraction of sp³-hybridized carbons (Fsp3) is 0.417. The molecule has 0 saturated carbocycles. The van der Waals surface area contributed by atoms with Crippen LogP contribution in [-0.4, -0.2) is 35.8 Å². The van der Waals surface area contributed by atoms with Crippen molar-refractivity contribution >= 4 is 29.1 Å². The van der Waals surface area contributed by atoms with Crippen LogP contribution < -0.4 is 10.6 Å². The summed E-state index contributed by atoms with van der Waals surface area (Å²) in [5.41, 5.74) is 1.48. The van der Waals surface area contributed by atoms with Crippen LogP contribution in [0, 0.1) is 11.7 Å². The molecular formula is C24H29ClFN3O2. The van der Waals surface area contributed by atoms with Gasteiger partial charge in [-0.2, -0.15) is 0 Å². The Morgan fingerprint density at radius 2 is 1.87 bits per heavy atom. The number of piperidine rings is 1. The number of rotatable bonds is 7. The Balaban J connectivity index is 1.58. The number of nitrogens with zero attached hydrogens (tertiary/aromatic N) is 1. The number of hydrogen-bond donors (Lipinski definition) is 2. The first-order valence-electron chi connectivity index (χ1n) is 10.7. The molecule has 2 amide bonds. The van der Waals surface area contributed by atoms with Gasteiger partial charge in [-0.25, -0.2) is 4.39 Å². The largest absolute Gasteiger partial charge is 0.350 e. The third-order valence-electron chi connectivity index (χ3n) is 5.82. The number of likely N-dealkylation sites (tertiary alicyclic amines) is 1. The van der Waals surface area contributed by atoms with Crippen LogP contribution in [0.5, 0.6) is 0 Å². The summed E-state index contributed by atoms with van der Waals surface area (Å²) in [7, 11) is 0. The summed E-state index contributed by atoms with van der Waals surface area (Å²) in [6.45, 7) is 5.74. The fourth-order valence-corrected chi connectivity index (χ4v) is 3.91. The number of anilines is 1. The van der Waals surface area contributed by atoms with Crippen LogP contribution in [0.1, 0.15) is 49.0 Å². The highest BCUT2D eigenvalue weighted by molar-refractivity contribution is 6.31. The molecule has 1 atom stereocenters. The molecule has 166 valence electrons. The first kappa shape index (κ1) is 23.2. The molecule has 31 heavy (non-hydrogen) atoms. The predicted molar refractivity (Wildman–Crippen MR) is 122 cm³/mol. The minimum absolute atomic E-state index is 0.0588. The number of amides is 2. The molecule has 2 N–H and O–H groups in total. The highest BCUT2D eigenvalue weighted by Crippen LogP contribution is 2.25. The minimum atomic E-state index is -0.306. The van der Waals surface area contributed by atoms with Gasteiger partial charge in [0, 0.05) is 29.1 Å². The molecule has 1 aliphatic heterocycles. The molecule has 1 aliphatic rings. The van der Waals surface area contributed by atoms with E-state index in [2.05, 4.69) is 15.5 Å². The van der Waals surface area contributed by atoms with E-state index in [9.17, 15) is 14.0 Å². The van der Waals surface area contributed by atoms with Crippen LogP contribution in [0.4, 0.5) is 10.1 Å². The Morgan fingerprint density at radius 3 is 2.55 bits per heavy atom. The Morgan fingerprint density at radius 1 is 1.16 bits per heavy atom. The lowest BCUT2D eigenvalue weighted by molar-refractivity contribution is -0.121. The van der Waals surface area contributed by atoms with Crippen LogP contribution in [0.2, 0.25) is 5.02 Å². The van der Waals surface area contributed by atoms with Gasteiger partial charge in [0.15, 0.2) is 0 Å². The Bertz CT molecular complexity index is 909. The molecule has 1 saturated heterocycles. The zero-order chi connectivity index (χ0) is 22.4. The highest BCUT2D eigenvalue weighted by Gasteiger charge is 2.27. The van der Waals surface area contributed by atoms with E-state index in [0.717, 1.165) is 6.42 Å². The van der Waals surface area contributed by atoms with Crippen molar-refractivity contribution in [3.8, 4) is 0 Å². The summed E-state index contributed by atoms with van der Waals surface area (Å²) in [6.07, 6.45) is 2.16. The summed E-state index contributed by atoms with van der Waals surface area (Å²) in [5, 5.41) is 6.30. The lowest BCUT2D eigenvalue weighted by Gasteiger charge is -2.31. The van der Waals surface area contributed by atoms with Crippen molar-refractivity contribution in [2.75, 3.05) is 18.4 Å². The van der Waals surface area contributed by atoms with E-state index in [0.29, 0.717) is 54.3 Å². The van der Waals surface area contributed by atoms with Gasteiger partial charge >= 0.3 is 0 Å². The molecule has 0 aliphatic carbocycles. The fourth-order valence-electron chi connectivity index (χ4n) is 3.69. The lowest BCUT2D eigenvalue weighted by atomic mass is 9.95. The van der Waals surface area contributed by atoms with Crippen molar-refractivity contribution in [2.24, 2.45) is 5.92 Å². The van der Waals surface area contributed by atoms with Crippen molar-refractivity contribution < 1.29 is 14.0 Å². The Hall–Kier alpha value is -2.44. The number of carbonyl (C=O) groups excluding carboxylic acids is 2. The van der Waals surface area contributed by atoms with Crippen molar-refractivity contribution in [3.63, 3.8) is 0 Å². The maximum Gasteiger partial charge on any atom is 0.253 e. The van der Waals surface area contributed by atoms with Gasteiger partial charge in [-0.05, 0) is 63.5 Å². The molecule has 5 nitrogen and oxygen atoms in total. The average Bonchev–Trinajstić information content (AvgIpc) is 2.77. The van der Waals surface area contributed by atoms with Crippen LogP contribution in [0.15, 0.2) is 42.5 Å². The van der Waals surface area contributed by atoms with E-state index in [-0.39, 0.29) is 29.6 Å². The van der Waals surface area contributed by atoms with Crippen molar-refractivity contribution in [2.45, 2.75) is 45.7 Å². The normalized spacial score (nSPS) is 16.0. The van der Waals surface area contributed by atoms with Crippen molar-refractivity contribution in [1.29, 1.82) is 0 Å². The molecule has 0 radical (unpaired) electrons. The molecule has 1 fully saturated rings. The zero-order valence-electron chi connectivity index (χ0n) is 18.0. The van der Waals surface area contributed by atoms with Gasteiger partial charge in [0.1, 0.15) is 5.82 Å². The van der Waals surface area contributed by atoms with Crippen molar-refractivity contribution in [1.82, 2.24) is 10.2 Å². The summed E-state index contributed by atoms with van der Waals surface area (Å²) in [5.74, 6) is -0.744. The topological polar surface area (TPSA) is 61.4 Å².